The molecule has 0 aliphatic heterocycles. The second kappa shape index (κ2) is 7.90. The number of carbonyl (C=O) groups excluding carboxylic acids is 1. The number of hydrogen-bond donors (Lipinski definition) is 2. The number of aliphatic carboxylic acids is 1. The van der Waals surface area contributed by atoms with Crippen LogP contribution >= 0.6 is 0 Å². The van der Waals surface area contributed by atoms with Crippen molar-refractivity contribution in [2.45, 2.75) is 51.0 Å². The van der Waals surface area contributed by atoms with Crippen LogP contribution in [0, 0.1) is 5.41 Å². The van der Waals surface area contributed by atoms with Crippen molar-refractivity contribution in [1.29, 1.82) is 0 Å². The molecule has 0 radical (unpaired) electrons. The minimum atomic E-state index is -0.997. The third-order valence-corrected chi connectivity index (χ3v) is 6.55. The Hall–Kier alpha value is -2.82. The Bertz CT molecular complexity index is 871. The van der Waals surface area contributed by atoms with E-state index in [1.54, 1.807) is 0 Å². The van der Waals surface area contributed by atoms with Crippen LogP contribution in [0.5, 0.6) is 0 Å². The third kappa shape index (κ3) is 3.74. The molecule has 0 heterocycles. The lowest BCUT2D eigenvalue weighted by atomic mass is 9.70. The smallest absolute Gasteiger partial charge is 0.407 e. The minimum Gasteiger partial charge on any atom is -0.480 e. The fraction of sp³-hybridized carbons (Fsp3) is 0.417. The van der Waals surface area contributed by atoms with Crippen LogP contribution in [0.25, 0.3) is 11.1 Å². The Morgan fingerprint density at radius 3 is 2.14 bits per heavy atom. The summed E-state index contributed by atoms with van der Waals surface area (Å²) in [6.45, 7) is 2.14. The highest BCUT2D eigenvalue weighted by Gasteiger charge is 2.41. The van der Waals surface area contributed by atoms with Gasteiger partial charge in [0, 0.05) is 5.92 Å². The molecule has 2 aromatic rings. The maximum Gasteiger partial charge on any atom is 0.407 e. The molecule has 1 atom stereocenters. The van der Waals surface area contributed by atoms with Crippen LogP contribution in [0.15, 0.2) is 48.5 Å². The van der Waals surface area contributed by atoms with E-state index >= 15 is 0 Å². The summed E-state index contributed by atoms with van der Waals surface area (Å²) in [6.07, 6.45) is 4.04. The van der Waals surface area contributed by atoms with Gasteiger partial charge in [0.1, 0.15) is 12.6 Å². The van der Waals surface area contributed by atoms with Gasteiger partial charge in [-0.2, -0.15) is 0 Å². The second-order valence-electron chi connectivity index (χ2n) is 8.46. The van der Waals surface area contributed by atoms with Gasteiger partial charge in [-0.3, -0.25) is 0 Å². The lowest BCUT2D eigenvalue weighted by molar-refractivity contribution is -0.143. The van der Waals surface area contributed by atoms with Gasteiger partial charge in [0.05, 0.1) is 0 Å². The average molecular weight is 393 g/mol. The standard InChI is InChI=1S/C24H27NO4/c1-24(13-7-2-8-14-24)21(22(26)27)25-23(28)29-15-20-18-11-5-3-9-16(18)17-10-4-6-12-19(17)20/h3-6,9-12,20-21H,2,7-8,13-15H2,1H3,(H,25,28)(H,26,27)/t21-/m1/s1. The first-order chi connectivity index (χ1) is 14.0. The van der Waals surface area contributed by atoms with Crippen molar-refractivity contribution in [3.8, 4) is 11.1 Å². The second-order valence-corrected chi connectivity index (χ2v) is 8.46. The van der Waals surface area contributed by atoms with Crippen molar-refractivity contribution in [3.63, 3.8) is 0 Å². The zero-order valence-corrected chi connectivity index (χ0v) is 16.7. The SMILES string of the molecule is CC1([C@H](NC(=O)OCC2c3ccccc3-c3ccccc32)C(=O)O)CCCCC1. The number of amides is 1. The van der Waals surface area contributed by atoms with Crippen LogP contribution < -0.4 is 5.32 Å². The number of fused-ring (bicyclic) bond motifs is 3. The molecule has 2 aliphatic rings. The molecule has 0 saturated heterocycles. The Morgan fingerprint density at radius 1 is 1.03 bits per heavy atom. The molecule has 5 heteroatoms. The molecule has 2 aromatic carbocycles. The molecule has 1 amide bonds. The van der Waals surface area contributed by atoms with Crippen molar-refractivity contribution in [3.05, 3.63) is 59.7 Å². The van der Waals surface area contributed by atoms with Gasteiger partial charge in [-0.1, -0.05) is 74.7 Å². The van der Waals surface area contributed by atoms with E-state index < -0.39 is 23.5 Å². The van der Waals surface area contributed by atoms with Crippen molar-refractivity contribution >= 4 is 12.1 Å². The molecule has 152 valence electrons. The molecule has 0 bridgehead atoms. The predicted molar refractivity (Wildman–Crippen MR) is 111 cm³/mol. The monoisotopic (exact) mass is 393 g/mol. The highest BCUT2D eigenvalue weighted by Crippen LogP contribution is 2.44. The van der Waals surface area contributed by atoms with Gasteiger partial charge in [0.25, 0.3) is 0 Å². The van der Waals surface area contributed by atoms with Crippen LogP contribution in [0.1, 0.15) is 56.1 Å². The van der Waals surface area contributed by atoms with Crippen molar-refractivity contribution in [2.75, 3.05) is 6.61 Å². The quantitative estimate of drug-likeness (QED) is 0.754. The van der Waals surface area contributed by atoms with Gasteiger partial charge in [-0.05, 0) is 40.5 Å². The minimum absolute atomic E-state index is 0.0401. The summed E-state index contributed by atoms with van der Waals surface area (Å²) < 4.78 is 5.54. The topological polar surface area (TPSA) is 75.6 Å². The number of hydrogen-bond acceptors (Lipinski definition) is 3. The normalized spacial score (nSPS) is 18.4. The number of alkyl carbamates (subject to hydrolysis) is 1. The van der Waals surface area contributed by atoms with Crippen LogP contribution in [0.2, 0.25) is 0 Å². The van der Waals surface area contributed by atoms with Gasteiger partial charge < -0.3 is 15.2 Å². The number of carbonyl (C=O) groups is 2. The first kappa shape index (κ1) is 19.5. The predicted octanol–water partition coefficient (Wildman–Crippen LogP) is 4.95. The van der Waals surface area contributed by atoms with E-state index in [9.17, 15) is 14.7 Å². The number of carboxylic acid groups (broad SMARTS) is 1. The van der Waals surface area contributed by atoms with E-state index in [2.05, 4.69) is 29.6 Å². The van der Waals surface area contributed by atoms with E-state index in [1.807, 2.05) is 31.2 Å². The van der Waals surface area contributed by atoms with E-state index in [4.69, 9.17) is 4.74 Å². The number of nitrogens with one attached hydrogen (secondary N) is 1. The zero-order valence-electron chi connectivity index (χ0n) is 16.7. The first-order valence-corrected chi connectivity index (χ1v) is 10.3. The van der Waals surface area contributed by atoms with Crippen LogP contribution in [-0.4, -0.2) is 29.8 Å². The molecule has 1 saturated carbocycles. The largest absolute Gasteiger partial charge is 0.480 e. The molecule has 2 aliphatic carbocycles. The summed E-state index contributed by atoms with van der Waals surface area (Å²) >= 11 is 0. The summed E-state index contributed by atoms with van der Waals surface area (Å²) in [5.41, 5.74) is 4.16. The Kier molecular flexibility index (Phi) is 5.31. The van der Waals surface area contributed by atoms with Crippen LogP contribution in [0.3, 0.4) is 0 Å². The zero-order chi connectivity index (χ0) is 20.4. The lowest BCUT2D eigenvalue weighted by Crippen LogP contribution is -2.52. The maximum absolute atomic E-state index is 12.5. The lowest BCUT2D eigenvalue weighted by Gasteiger charge is -2.38. The summed E-state index contributed by atoms with van der Waals surface area (Å²) in [5.74, 6) is -1.04. The molecule has 0 aromatic heterocycles. The molecule has 0 unspecified atom stereocenters. The highest BCUT2D eigenvalue weighted by molar-refractivity contribution is 5.81. The average Bonchev–Trinajstić information content (AvgIpc) is 3.04. The van der Waals surface area contributed by atoms with Crippen molar-refractivity contribution < 1.29 is 19.4 Å². The highest BCUT2D eigenvalue weighted by atomic mass is 16.5. The number of carboxylic acids is 1. The molecule has 0 spiro atoms. The number of ether oxygens (including phenoxy) is 1. The van der Waals surface area contributed by atoms with Gasteiger partial charge in [-0.15, -0.1) is 0 Å². The van der Waals surface area contributed by atoms with E-state index in [-0.39, 0.29) is 12.5 Å². The maximum atomic E-state index is 12.5. The number of benzene rings is 2. The third-order valence-electron chi connectivity index (χ3n) is 6.55. The summed E-state index contributed by atoms with van der Waals surface area (Å²) in [7, 11) is 0. The summed E-state index contributed by atoms with van der Waals surface area (Å²) in [6, 6.07) is 15.3. The van der Waals surface area contributed by atoms with E-state index in [0.717, 1.165) is 54.4 Å². The molecule has 29 heavy (non-hydrogen) atoms. The molecule has 4 rings (SSSR count). The Labute approximate surface area is 171 Å². The molecule has 2 N–H and O–H groups in total. The van der Waals surface area contributed by atoms with Gasteiger partial charge >= 0.3 is 12.1 Å². The van der Waals surface area contributed by atoms with Crippen LogP contribution in [0.4, 0.5) is 4.79 Å². The van der Waals surface area contributed by atoms with Crippen LogP contribution in [-0.2, 0) is 9.53 Å². The fourth-order valence-electron chi connectivity index (χ4n) is 4.94. The molecular formula is C24H27NO4. The first-order valence-electron chi connectivity index (χ1n) is 10.3. The summed E-state index contributed by atoms with van der Waals surface area (Å²) in [5, 5.41) is 12.3. The molecular weight excluding hydrogens is 366 g/mol. The fourth-order valence-corrected chi connectivity index (χ4v) is 4.94. The number of rotatable bonds is 5. The van der Waals surface area contributed by atoms with Gasteiger partial charge in [-0.25, -0.2) is 9.59 Å². The Morgan fingerprint density at radius 2 is 1.59 bits per heavy atom. The summed E-state index contributed by atoms with van der Waals surface area (Å²) in [4.78, 5) is 24.4. The van der Waals surface area contributed by atoms with Crippen molar-refractivity contribution in [2.24, 2.45) is 5.41 Å². The van der Waals surface area contributed by atoms with Gasteiger partial charge in [0.2, 0.25) is 0 Å². The molecule has 5 nitrogen and oxygen atoms in total. The molecule has 1 fully saturated rings. The van der Waals surface area contributed by atoms with E-state index in [0.29, 0.717) is 0 Å². The van der Waals surface area contributed by atoms with Gasteiger partial charge in [0.15, 0.2) is 0 Å². The van der Waals surface area contributed by atoms with E-state index in [1.165, 1.54) is 0 Å². The Balaban J connectivity index is 1.46. The van der Waals surface area contributed by atoms with Crippen molar-refractivity contribution in [1.82, 2.24) is 5.32 Å².